The fourth-order valence-corrected chi connectivity index (χ4v) is 5.27. The summed E-state index contributed by atoms with van der Waals surface area (Å²) in [7, 11) is -1.27. The van der Waals surface area contributed by atoms with Crippen LogP contribution in [0.25, 0.3) is 0 Å². The molecule has 2 aliphatic rings. The summed E-state index contributed by atoms with van der Waals surface area (Å²) in [5, 5.41) is 3.20. The smallest absolute Gasteiger partial charge is 0.281 e. The zero-order chi connectivity index (χ0) is 15.3. The SMILES string of the molecule is CCC1CCCN(S(=O)(=O)N2CCC(CNC)CC2)CC1. The molecular formula is C15H31N3O2S. The molecule has 0 aromatic carbocycles. The minimum absolute atomic E-state index is 0.620. The van der Waals surface area contributed by atoms with Crippen LogP contribution in [-0.2, 0) is 10.2 Å². The molecule has 2 fully saturated rings. The molecule has 1 unspecified atom stereocenters. The van der Waals surface area contributed by atoms with Crippen molar-refractivity contribution in [2.45, 2.75) is 45.4 Å². The van der Waals surface area contributed by atoms with Gasteiger partial charge in [-0.05, 0) is 57.5 Å². The minimum Gasteiger partial charge on any atom is -0.319 e. The molecular weight excluding hydrogens is 286 g/mol. The molecule has 124 valence electrons. The number of nitrogens with one attached hydrogen (secondary N) is 1. The summed E-state index contributed by atoms with van der Waals surface area (Å²) in [5.74, 6) is 1.32. The number of nitrogens with zero attached hydrogens (tertiary/aromatic N) is 2. The summed E-state index contributed by atoms with van der Waals surface area (Å²) in [5.41, 5.74) is 0. The predicted molar refractivity (Wildman–Crippen MR) is 86.3 cm³/mol. The molecule has 6 heteroatoms. The third kappa shape index (κ3) is 4.41. The van der Waals surface area contributed by atoms with Crippen molar-refractivity contribution >= 4 is 10.2 Å². The Morgan fingerprint density at radius 2 is 1.52 bits per heavy atom. The van der Waals surface area contributed by atoms with Crippen LogP contribution in [0.2, 0.25) is 0 Å². The van der Waals surface area contributed by atoms with Gasteiger partial charge in [0.15, 0.2) is 0 Å². The Kier molecular flexibility index (Phi) is 6.47. The molecule has 0 aliphatic carbocycles. The van der Waals surface area contributed by atoms with Crippen molar-refractivity contribution < 1.29 is 8.42 Å². The highest BCUT2D eigenvalue weighted by molar-refractivity contribution is 7.86. The first-order valence-corrected chi connectivity index (χ1v) is 9.87. The summed E-state index contributed by atoms with van der Waals surface area (Å²) >= 11 is 0. The Hall–Kier alpha value is -0.170. The van der Waals surface area contributed by atoms with Crippen LogP contribution in [0.3, 0.4) is 0 Å². The van der Waals surface area contributed by atoms with E-state index in [9.17, 15) is 8.42 Å². The van der Waals surface area contributed by atoms with Gasteiger partial charge in [0, 0.05) is 26.2 Å². The van der Waals surface area contributed by atoms with Gasteiger partial charge in [-0.3, -0.25) is 0 Å². The van der Waals surface area contributed by atoms with E-state index in [1.54, 1.807) is 8.61 Å². The van der Waals surface area contributed by atoms with Crippen LogP contribution < -0.4 is 5.32 Å². The summed E-state index contributed by atoms with van der Waals surface area (Å²) in [6, 6.07) is 0. The van der Waals surface area contributed by atoms with Crippen LogP contribution in [0.1, 0.15) is 45.4 Å². The largest absolute Gasteiger partial charge is 0.319 e. The molecule has 5 nitrogen and oxygen atoms in total. The van der Waals surface area contributed by atoms with Crippen LogP contribution in [-0.4, -0.2) is 56.8 Å². The lowest BCUT2D eigenvalue weighted by Crippen LogP contribution is -2.48. The predicted octanol–water partition coefficient (Wildman–Crippen LogP) is 1.67. The third-order valence-corrected chi connectivity index (χ3v) is 7.14. The van der Waals surface area contributed by atoms with Gasteiger partial charge < -0.3 is 5.32 Å². The Bertz CT molecular complexity index is 405. The van der Waals surface area contributed by atoms with Gasteiger partial charge in [0.25, 0.3) is 10.2 Å². The molecule has 2 heterocycles. The minimum atomic E-state index is -3.23. The average molecular weight is 317 g/mol. The van der Waals surface area contributed by atoms with E-state index in [2.05, 4.69) is 12.2 Å². The fraction of sp³-hybridized carbons (Fsp3) is 1.00. The Morgan fingerprint density at radius 3 is 2.10 bits per heavy atom. The van der Waals surface area contributed by atoms with Gasteiger partial charge in [0.1, 0.15) is 0 Å². The number of hydrogen-bond acceptors (Lipinski definition) is 3. The molecule has 0 aromatic rings. The van der Waals surface area contributed by atoms with Gasteiger partial charge in [-0.25, -0.2) is 0 Å². The first kappa shape index (κ1) is 17.2. The Balaban J connectivity index is 1.92. The molecule has 0 saturated carbocycles. The molecule has 21 heavy (non-hydrogen) atoms. The van der Waals surface area contributed by atoms with E-state index >= 15 is 0 Å². The van der Waals surface area contributed by atoms with E-state index in [0.717, 1.165) is 32.2 Å². The zero-order valence-electron chi connectivity index (χ0n) is 13.6. The maximum atomic E-state index is 12.8. The molecule has 0 spiro atoms. The van der Waals surface area contributed by atoms with Gasteiger partial charge >= 0.3 is 0 Å². The molecule has 0 bridgehead atoms. The van der Waals surface area contributed by atoms with Crippen molar-refractivity contribution in [3.05, 3.63) is 0 Å². The Morgan fingerprint density at radius 1 is 0.952 bits per heavy atom. The standard InChI is InChI=1S/C15H31N3O2S/c1-3-14-5-4-9-17(10-6-14)21(19,20)18-11-7-15(8-12-18)13-16-2/h14-16H,3-13H2,1-2H3. The number of hydrogen-bond donors (Lipinski definition) is 1. The average Bonchev–Trinajstić information content (AvgIpc) is 2.74. The van der Waals surface area contributed by atoms with E-state index in [-0.39, 0.29) is 0 Å². The molecule has 0 radical (unpaired) electrons. The zero-order valence-corrected chi connectivity index (χ0v) is 14.4. The van der Waals surface area contributed by atoms with Gasteiger partial charge in [0.2, 0.25) is 0 Å². The second-order valence-electron chi connectivity index (χ2n) is 6.51. The van der Waals surface area contributed by atoms with Crippen LogP contribution in [0.15, 0.2) is 0 Å². The van der Waals surface area contributed by atoms with Crippen molar-refractivity contribution in [1.82, 2.24) is 13.9 Å². The topological polar surface area (TPSA) is 52.7 Å². The quantitative estimate of drug-likeness (QED) is 0.839. The lowest BCUT2D eigenvalue weighted by atomic mass is 9.98. The van der Waals surface area contributed by atoms with Gasteiger partial charge in [-0.15, -0.1) is 0 Å². The van der Waals surface area contributed by atoms with Crippen molar-refractivity contribution in [3.63, 3.8) is 0 Å². The molecule has 2 rings (SSSR count). The normalized spacial score (nSPS) is 27.6. The van der Waals surface area contributed by atoms with Crippen LogP contribution >= 0.6 is 0 Å². The Labute approximate surface area is 130 Å². The monoisotopic (exact) mass is 317 g/mol. The molecule has 2 saturated heterocycles. The second kappa shape index (κ2) is 7.90. The second-order valence-corrected chi connectivity index (χ2v) is 8.44. The third-order valence-electron chi connectivity index (χ3n) is 5.10. The highest BCUT2D eigenvalue weighted by Gasteiger charge is 2.33. The first-order valence-electron chi connectivity index (χ1n) is 8.47. The number of piperidine rings is 1. The highest BCUT2D eigenvalue weighted by atomic mass is 32.2. The first-order chi connectivity index (χ1) is 10.1. The van der Waals surface area contributed by atoms with E-state index in [1.807, 2.05) is 7.05 Å². The van der Waals surface area contributed by atoms with E-state index in [4.69, 9.17) is 0 Å². The van der Waals surface area contributed by atoms with Crippen LogP contribution in [0.4, 0.5) is 0 Å². The van der Waals surface area contributed by atoms with Gasteiger partial charge in [-0.2, -0.15) is 17.0 Å². The van der Waals surface area contributed by atoms with Crippen LogP contribution in [0.5, 0.6) is 0 Å². The summed E-state index contributed by atoms with van der Waals surface area (Å²) in [6.07, 6.45) is 6.33. The lowest BCUT2D eigenvalue weighted by molar-refractivity contribution is 0.251. The summed E-state index contributed by atoms with van der Waals surface area (Å²) in [4.78, 5) is 0. The lowest BCUT2D eigenvalue weighted by Gasteiger charge is -2.34. The van der Waals surface area contributed by atoms with Gasteiger partial charge in [-0.1, -0.05) is 13.3 Å². The van der Waals surface area contributed by atoms with Crippen molar-refractivity contribution in [2.75, 3.05) is 39.8 Å². The van der Waals surface area contributed by atoms with E-state index < -0.39 is 10.2 Å². The van der Waals surface area contributed by atoms with E-state index in [0.29, 0.717) is 38.0 Å². The summed E-state index contributed by atoms with van der Waals surface area (Å²) < 4.78 is 29.0. The van der Waals surface area contributed by atoms with Crippen LogP contribution in [0, 0.1) is 11.8 Å². The van der Waals surface area contributed by atoms with Crippen molar-refractivity contribution in [1.29, 1.82) is 0 Å². The molecule has 2 aliphatic heterocycles. The van der Waals surface area contributed by atoms with Crippen molar-refractivity contribution in [3.8, 4) is 0 Å². The highest BCUT2D eigenvalue weighted by Crippen LogP contribution is 2.25. The maximum absolute atomic E-state index is 12.8. The fourth-order valence-electron chi connectivity index (χ4n) is 3.57. The van der Waals surface area contributed by atoms with Gasteiger partial charge in [0.05, 0.1) is 0 Å². The molecule has 1 atom stereocenters. The molecule has 0 amide bonds. The maximum Gasteiger partial charge on any atom is 0.281 e. The van der Waals surface area contributed by atoms with E-state index in [1.165, 1.54) is 12.8 Å². The molecule has 1 N–H and O–H groups in total. The number of rotatable bonds is 5. The molecule has 0 aromatic heterocycles. The van der Waals surface area contributed by atoms with Crippen molar-refractivity contribution in [2.24, 2.45) is 11.8 Å². The summed E-state index contributed by atoms with van der Waals surface area (Å²) in [6.45, 7) is 5.98.